The molecule has 0 unspecified atom stereocenters. The van der Waals surface area contributed by atoms with Crippen molar-refractivity contribution in [1.82, 2.24) is 0 Å². The van der Waals surface area contributed by atoms with Crippen molar-refractivity contribution < 1.29 is 15.0 Å². The van der Waals surface area contributed by atoms with Gasteiger partial charge in [0.05, 0.1) is 5.56 Å². The fourth-order valence-corrected chi connectivity index (χ4v) is 1.62. The molecule has 0 bridgehead atoms. The molecule has 0 aliphatic rings. The predicted octanol–water partition coefficient (Wildman–Crippen LogP) is 2.70. The monoisotopic (exact) mass is 243 g/mol. The van der Waals surface area contributed by atoms with Gasteiger partial charge in [-0.25, -0.2) is 4.79 Å². The number of aromatic carboxylic acids is 1. The maximum atomic E-state index is 10.8. The van der Waals surface area contributed by atoms with Crippen LogP contribution in [0.5, 0.6) is 5.75 Å². The molecule has 0 atom stereocenters. The van der Waals surface area contributed by atoms with Gasteiger partial charge in [-0.2, -0.15) is 0 Å². The summed E-state index contributed by atoms with van der Waals surface area (Å²) >= 11 is 0. The number of nitrogens with one attached hydrogen (secondary N) is 1. The molecule has 2 aromatic carbocycles. The molecule has 0 saturated heterocycles. The van der Waals surface area contributed by atoms with Crippen LogP contribution in [0, 0.1) is 0 Å². The van der Waals surface area contributed by atoms with E-state index in [-0.39, 0.29) is 11.3 Å². The van der Waals surface area contributed by atoms with E-state index in [9.17, 15) is 9.90 Å². The van der Waals surface area contributed by atoms with Crippen molar-refractivity contribution in [3.05, 3.63) is 59.7 Å². The van der Waals surface area contributed by atoms with E-state index < -0.39 is 5.97 Å². The van der Waals surface area contributed by atoms with Gasteiger partial charge in [0.2, 0.25) is 0 Å². The number of phenolic OH excluding ortho intramolecular Hbond substituents is 1. The number of para-hydroxylation sites is 1. The van der Waals surface area contributed by atoms with E-state index in [0.717, 1.165) is 5.56 Å². The molecule has 0 radical (unpaired) electrons. The molecule has 0 amide bonds. The average Bonchev–Trinajstić information content (AvgIpc) is 2.38. The molecule has 0 aliphatic carbocycles. The summed E-state index contributed by atoms with van der Waals surface area (Å²) in [5, 5.41) is 21.5. The molecule has 3 N–H and O–H groups in total. The Kier molecular flexibility index (Phi) is 3.48. The lowest BCUT2D eigenvalue weighted by molar-refractivity contribution is 0.0697. The SMILES string of the molecule is O=C(O)c1cccc(NCc2ccccc2O)c1. The number of rotatable bonds is 4. The zero-order chi connectivity index (χ0) is 13.0. The molecule has 2 aromatic rings. The minimum absolute atomic E-state index is 0.222. The van der Waals surface area contributed by atoms with Crippen molar-refractivity contribution in [2.75, 3.05) is 5.32 Å². The molecular formula is C14H13NO3. The highest BCUT2D eigenvalue weighted by molar-refractivity contribution is 5.88. The van der Waals surface area contributed by atoms with Crippen molar-refractivity contribution in [2.45, 2.75) is 6.54 Å². The molecule has 4 heteroatoms. The van der Waals surface area contributed by atoms with Crippen LogP contribution in [-0.2, 0) is 6.54 Å². The number of carbonyl (C=O) groups is 1. The van der Waals surface area contributed by atoms with Gasteiger partial charge >= 0.3 is 5.97 Å². The Hall–Kier alpha value is -2.49. The number of phenols is 1. The standard InChI is InChI=1S/C14H13NO3/c16-13-7-2-1-4-11(13)9-15-12-6-3-5-10(8-12)14(17)18/h1-8,15-16H,9H2,(H,17,18). The summed E-state index contributed by atoms with van der Waals surface area (Å²) in [5.74, 6) is -0.736. The number of carboxylic acid groups (broad SMARTS) is 1. The van der Waals surface area contributed by atoms with Gasteiger partial charge < -0.3 is 15.5 Å². The third-order valence-corrected chi connectivity index (χ3v) is 2.58. The van der Waals surface area contributed by atoms with Gasteiger partial charge in [0.1, 0.15) is 5.75 Å². The van der Waals surface area contributed by atoms with E-state index in [0.29, 0.717) is 12.2 Å². The molecule has 0 aromatic heterocycles. The lowest BCUT2D eigenvalue weighted by atomic mass is 10.1. The van der Waals surface area contributed by atoms with Crippen molar-refractivity contribution in [2.24, 2.45) is 0 Å². The first kappa shape index (κ1) is 12.0. The summed E-state index contributed by atoms with van der Waals surface area (Å²) in [6.45, 7) is 0.440. The smallest absolute Gasteiger partial charge is 0.335 e. The summed E-state index contributed by atoms with van der Waals surface area (Å²) < 4.78 is 0. The van der Waals surface area contributed by atoms with Gasteiger partial charge in [-0.05, 0) is 24.3 Å². The summed E-state index contributed by atoms with van der Waals surface area (Å²) in [7, 11) is 0. The van der Waals surface area contributed by atoms with Gasteiger partial charge in [0, 0.05) is 17.8 Å². The van der Waals surface area contributed by atoms with Crippen molar-refractivity contribution >= 4 is 11.7 Å². The Morgan fingerprint density at radius 2 is 1.89 bits per heavy atom. The molecule has 92 valence electrons. The largest absolute Gasteiger partial charge is 0.508 e. The topological polar surface area (TPSA) is 69.6 Å². The lowest BCUT2D eigenvalue weighted by Gasteiger charge is -2.08. The number of hydrogen-bond donors (Lipinski definition) is 3. The minimum Gasteiger partial charge on any atom is -0.508 e. The molecule has 0 aliphatic heterocycles. The Morgan fingerprint density at radius 3 is 2.61 bits per heavy atom. The summed E-state index contributed by atoms with van der Waals surface area (Å²) in [4.78, 5) is 10.8. The normalized spacial score (nSPS) is 10.0. The minimum atomic E-state index is -0.957. The molecule has 18 heavy (non-hydrogen) atoms. The first-order valence-electron chi connectivity index (χ1n) is 5.51. The zero-order valence-electron chi connectivity index (χ0n) is 9.63. The predicted molar refractivity (Wildman–Crippen MR) is 68.8 cm³/mol. The van der Waals surface area contributed by atoms with E-state index in [4.69, 9.17) is 5.11 Å². The number of anilines is 1. The maximum absolute atomic E-state index is 10.8. The van der Waals surface area contributed by atoms with Gasteiger partial charge in [-0.3, -0.25) is 0 Å². The van der Waals surface area contributed by atoms with Crippen molar-refractivity contribution in [3.63, 3.8) is 0 Å². The molecule has 0 heterocycles. The van der Waals surface area contributed by atoms with Crippen LogP contribution in [0.4, 0.5) is 5.69 Å². The third-order valence-electron chi connectivity index (χ3n) is 2.58. The number of aromatic hydroxyl groups is 1. The van der Waals surface area contributed by atoms with Crippen LogP contribution in [0.15, 0.2) is 48.5 Å². The highest BCUT2D eigenvalue weighted by atomic mass is 16.4. The summed E-state index contributed by atoms with van der Waals surface area (Å²) in [6.07, 6.45) is 0. The van der Waals surface area contributed by atoms with E-state index in [1.54, 1.807) is 30.3 Å². The van der Waals surface area contributed by atoms with E-state index in [1.165, 1.54) is 6.07 Å². The van der Waals surface area contributed by atoms with E-state index in [2.05, 4.69) is 5.32 Å². The van der Waals surface area contributed by atoms with Gasteiger partial charge in [0.25, 0.3) is 0 Å². The van der Waals surface area contributed by atoms with Crippen molar-refractivity contribution in [1.29, 1.82) is 0 Å². The van der Waals surface area contributed by atoms with Crippen molar-refractivity contribution in [3.8, 4) is 5.75 Å². The first-order chi connectivity index (χ1) is 8.66. The third kappa shape index (κ3) is 2.79. The highest BCUT2D eigenvalue weighted by Crippen LogP contribution is 2.18. The number of hydrogen-bond acceptors (Lipinski definition) is 3. The van der Waals surface area contributed by atoms with Crippen LogP contribution in [0.2, 0.25) is 0 Å². The second kappa shape index (κ2) is 5.23. The van der Waals surface area contributed by atoms with Crippen LogP contribution in [-0.4, -0.2) is 16.2 Å². The Morgan fingerprint density at radius 1 is 1.11 bits per heavy atom. The number of benzene rings is 2. The van der Waals surface area contributed by atoms with Gasteiger partial charge in [-0.1, -0.05) is 24.3 Å². The maximum Gasteiger partial charge on any atom is 0.335 e. The van der Waals surface area contributed by atoms with Crippen LogP contribution in [0.25, 0.3) is 0 Å². The summed E-state index contributed by atoms with van der Waals surface area (Å²) in [5.41, 5.74) is 1.70. The quantitative estimate of drug-likeness (QED) is 0.772. The summed E-state index contributed by atoms with van der Waals surface area (Å²) in [6, 6.07) is 13.6. The first-order valence-corrected chi connectivity index (χ1v) is 5.51. The van der Waals surface area contributed by atoms with Crippen LogP contribution in [0.1, 0.15) is 15.9 Å². The van der Waals surface area contributed by atoms with Crippen LogP contribution < -0.4 is 5.32 Å². The second-order valence-corrected chi connectivity index (χ2v) is 3.87. The van der Waals surface area contributed by atoms with E-state index >= 15 is 0 Å². The fraction of sp³-hybridized carbons (Fsp3) is 0.0714. The molecule has 4 nitrogen and oxygen atoms in total. The lowest BCUT2D eigenvalue weighted by Crippen LogP contribution is -2.02. The van der Waals surface area contributed by atoms with Gasteiger partial charge in [0.15, 0.2) is 0 Å². The second-order valence-electron chi connectivity index (χ2n) is 3.87. The average molecular weight is 243 g/mol. The molecular weight excluding hydrogens is 230 g/mol. The fourth-order valence-electron chi connectivity index (χ4n) is 1.62. The van der Waals surface area contributed by atoms with Gasteiger partial charge in [-0.15, -0.1) is 0 Å². The Bertz CT molecular complexity index is 566. The highest BCUT2D eigenvalue weighted by Gasteiger charge is 2.03. The number of carboxylic acids is 1. The van der Waals surface area contributed by atoms with Crippen LogP contribution in [0.3, 0.4) is 0 Å². The zero-order valence-corrected chi connectivity index (χ0v) is 9.63. The Labute approximate surface area is 105 Å². The Balaban J connectivity index is 2.09. The molecule has 0 saturated carbocycles. The van der Waals surface area contributed by atoms with Crippen LogP contribution >= 0.6 is 0 Å². The molecule has 0 fully saturated rings. The molecule has 2 rings (SSSR count). The van der Waals surface area contributed by atoms with E-state index in [1.807, 2.05) is 12.1 Å². The molecule has 0 spiro atoms.